The van der Waals surface area contributed by atoms with Gasteiger partial charge >= 0.3 is 0 Å². The molecule has 1 aliphatic heterocycles. The molecule has 4 atom stereocenters. The molecule has 0 aliphatic carbocycles. The fraction of sp³-hybridized carbons (Fsp3) is 0.529. The minimum Gasteiger partial charge on any atom is -0.395 e. The van der Waals surface area contributed by atoms with Crippen LogP contribution in [0.25, 0.3) is 5.57 Å². The molecule has 1 saturated heterocycles. The molecule has 24 heavy (non-hydrogen) atoms. The number of benzene rings is 1. The molecule has 0 bridgehead atoms. The Hall–Kier alpha value is -1.38. The molecule has 0 aromatic heterocycles. The normalized spacial score (nSPS) is 28.1. The first-order chi connectivity index (χ1) is 11.3. The lowest BCUT2D eigenvalue weighted by Gasteiger charge is -2.43. The average molecular weight is 343 g/mol. The van der Waals surface area contributed by atoms with Crippen molar-refractivity contribution in [2.75, 3.05) is 19.7 Å². The standard InChI is InChI=1S/C17H23F2NO4/c1-9(2)10-5-12(18)11(13(19)6-10)3-4-20-7-15(22)17(24)16(23)14(20)8-21/h5-6,14-17,21-24H,1,3-4,7-8H2,2H3/t14-,15-,16+,17+/m0/s1. The molecule has 2 rings (SSSR count). The topological polar surface area (TPSA) is 84.2 Å². The third-order valence-electron chi connectivity index (χ3n) is 4.50. The first kappa shape index (κ1) is 19.0. The lowest BCUT2D eigenvalue weighted by molar-refractivity contribution is -0.144. The monoisotopic (exact) mass is 343 g/mol. The predicted molar refractivity (Wildman–Crippen MR) is 85.2 cm³/mol. The van der Waals surface area contributed by atoms with Crippen LogP contribution in [0, 0.1) is 11.6 Å². The molecule has 1 aliphatic rings. The smallest absolute Gasteiger partial charge is 0.129 e. The van der Waals surface area contributed by atoms with Gasteiger partial charge in [-0.25, -0.2) is 8.78 Å². The number of piperidine rings is 1. The summed E-state index contributed by atoms with van der Waals surface area (Å²) in [6.07, 6.45) is -3.88. The number of allylic oxidation sites excluding steroid dienone is 1. The van der Waals surface area contributed by atoms with Gasteiger partial charge in [-0.3, -0.25) is 4.90 Å². The molecule has 0 unspecified atom stereocenters. The highest BCUT2D eigenvalue weighted by Crippen LogP contribution is 2.23. The molecule has 1 heterocycles. The summed E-state index contributed by atoms with van der Waals surface area (Å²) in [7, 11) is 0. The maximum absolute atomic E-state index is 14.1. The van der Waals surface area contributed by atoms with Crippen LogP contribution in [0.3, 0.4) is 0 Å². The minimum absolute atomic E-state index is 0.000171. The Morgan fingerprint density at radius 1 is 1.21 bits per heavy atom. The van der Waals surface area contributed by atoms with Crippen molar-refractivity contribution in [3.05, 3.63) is 41.5 Å². The third kappa shape index (κ3) is 3.81. The van der Waals surface area contributed by atoms with E-state index in [9.17, 15) is 29.2 Å². The average Bonchev–Trinajstić information content (AvgIpc) is 2.51. The molecule has 1 aromatic carbocycles. The number of aliphatic hydroxyl groups is 4. The summed E-state index contributed by atoms with van der Waals surface area (Å²) < 4.78 is 28.3. The summed E-state index contributed by atoms with van der Waals surface area (Å²) >= 11 is 0. The van der Waals surface area contributed by atoms with Crippen LogP contribution in [0.15, 0.2) is 18.7 Å². The fourth-order valence-corrected chi connectivity index (χ4v) is 2.98. The summed E-state index contributed by atoms with van der Waals surface area (Å²) in [5, 5.41) is 38.7. The Labute approximate surface area is 139 Å². The van der Waals surface area contributed by atoms with Gasteiger partial charge in [-0.15, -0.1) is 0 Å². The van der Waals surface area contributed by atoms with Crippen LogP contribution >= 0.6 is 0 Å². The second-order valence-electron chi connectivity index (χ2n) is 6.24. The molecule has 4 N–H and O–H groups in total. The number of hydrogen-bond donors (Lipinski definition) is 4. The number of rotatable bonds is 5. The summed E-state index contributed by atoms with van der Waals surface area (Å²) in [5.74, 6) is -1.38. The van der Waals surface area contributed by atoms with Crippen LogP contribution in [-0.2, 0) is 6.42 Å². The van der Waals surface area contributed by atoms with Crippen LogP contribution in [-0.4, -0.2) is 69.4 Å². The molecule has 1 aromatic rings. The van der Waals surface area contributed by atoms with E-state index in [1.54, 1.807) is 6.92 Å². The van der Waals surface area contributed by atoms with Crippen molar-refractivity contribution in [2.24, 2.45) is 0 Å². The van der Waals surface area contributed by atoms with Crippen molar-refractivity contribution in [3.8, 4) is 0 Å². The first-order valence-electron chi connectivity index (χ1n) is 7.79. The minimum atomic E-state index is -1.36. The maximum atomic E-state index is 14.1. The second-order valence-corrected chi connectivity index (χ2v) is 6.24. The van der Waals surface area contributed by atoms with Gasteiger partial charge in [-0.2, -0.15) is 0 Å². The molecule has 0 amide bonds. The van der Waals surface area contributed by atoms with E-state index in [0.717, 1.165) is 0 Å². The van der Waals surface area contributed by atoms with Crippen molar-refractivity contribution in [2.45, 2.75) is 37.7 Å². The molecule has 134 valence electrons. The number of likely N-dealkylation sites (tertiary alicyclic amines) is 1. The Morgan fingerprint density at radius 2 is 1.79 bits per heavy atom. The first-order valence-corrected chi connectivity index (χ1v) is 7.79. The van der Waals surface area contributed by atoms with Crippen LogP contribution < -0.4 is 0 Å². The molecule has 1 fully saturated rings. The van der Waals surface area contributed by atoms with E-state index in [2.05, 4.69) is 6.58 Å². The highest BCUT2D eigenvalue weighted by molar-refractivity contribution is 5.61. The highest BCUT2D eigenvalue weighted by Gasteiger charge is 2.40. The molecule has 0 spiro atoms. The van der Waals surface area contributed by atoms with Crippen molar-refractivity contribution < 1.29 is 29.2 Å². The van der Waals surface area contributed by atoms with E-state index >= 15 is 0 Å². The highest BCUT2D eigenvalue weighted by atomic mass is 19.1. The number of aliphatic hydroxyl groups excluding tert-OH is 4. The summed E-state index contributed by atoms with van der Waals surface area (Å²) in [4.78, 5) is 1.52. The molecular formula is C17H23F2NO4. The van der Waals surface area contributed by atoms with Crippen molar-refractivity contribution in [1.82, 2.24) is 4.90 Å². The Morgan fingerprint density at radius 3 is 2.29 bits per heavy atom. The second kappa shape index (κ2) is 7.67. The summed E-state index contributed by atoms with van der Waals surface area (Å²) in [5.41, 5.74) is 0.830. The Balaban J connectivity index is 2.14. The van der Waals surface area contributed by atoms with E-state index < -0.39 is 42.6 Å². The number of halogens is 2. The lowest BCUT2D eigenvalue weighted by Crippen LogP contribution is -2.62. The summed E-state index contributed by atoms with van der Waals surface area (Å²) in [6, 6.07) is 1.63. The van der Waals surface area contributed by atoms with Gasteiger partial charge in [0.05, 0.1) is 18.8 Å². The Kier molecular flexibility index (Phi) is 6.06. The van der Waals surface area contributed by atoms with Crippen molar-refractivity contribution in [1.29, 1.82) is 0 Å². The van der Waals surface area contributed by atoms with Gasteiger partial charge < -0.3 is 20.4 Å². The quantitative estimate of drug-likeness (QED) is 0.618. The zero-order chi connectivity index (χ0) is 18.0. The van der Waals surface area contributed by atoms with Crippen LogP contribution in [0.4, 0.5) is 8.78 Å². The maximum Gasteiger partial charge on any atom is 0.129 e. The fourth-order valence-electron chi connectivity index (χ4n) is 2.98. The van der Waals surface area contributed by atoms with Gasteiger partial charge in [0.15, 0.2) is 0 Å². The summed E-state index contributed by atoms with van der Waals surface area (Å²) in [6.45, 7) is 4.98. The van der Waals surface area contributed by atoms with E-state index in [1.165, 1.54) is 17.0 Å². The molecular weight excluding hydrogens is 320 g/mol. The van der Waals surface area contributed by atoms with Gasteiger partial charge in [-0.05, 0) is 31.0 Å². The zero-order valence-corrected chi connectivity index (χ0v) is 13.5. The van der Waals surface area contributed by atoms with E-state index in [1.807, 2.05) is 0 Å². The third-order valence-corrected chi connectivity index (χ3v) is 4.50. The van der Waals surface area contributed by atoms with Crippen molar-refractivity contribution >= 4 is 5.57 Å². The predicted octanol–water partition coefficient (Wildman–Crippen LogP) is 0.300. The molecule has 0 saturated carbocycles. The van der Waals surface area contributed by atoms with Crippen LogP contribution in [0.2, 0.25) is 0 Å². The van der Waals surface area contributed by atoms with Gasteiger partial charge in [0, 0.05) is 18.7 Å². The van der Waals surface area contributed by atoms with E-state index in [4.69, 9.17) is 0 Å². The van der Waals surface area contributed by atoms with E-state index in [0.29, 0.717) is 11.1 Å². The number of hydrogen-bond acceptors (Lipinski definition) is 5. The van der Waals surface area contributed by atoms with Crippen LogP contribution in [0.1, 0.15) is 18.1 Å². The van der Waals surface area contributed by atoms with E-state index in [-0.39, 0.29) is 25.1 Å². The number of nitrogens with zero attached hydrogens (tertiary/aromatic N) is 1. The van der Waals surface area contributed by atoms with Gasteiger partial charge in [0.1, 0.15) is 23.8 Å². The molecule has 7 heteroatoms. The largest absolute Gasteiger partial charge is 0.395 e. The van der Waals surface area contributed by atoms with Gasteiger partial charge in [0.25, 0.3) is 0 Å². The van der Waals surface area contributed by atoms with Gasteiger partial charge in [-0.1, -0.05) is 12.2 Å². The van der Waals surface area contributed by atoms with Gasteiger partial charge in [0.2, 0.25) is 0 Å². The zero-order valence-electron chi connectivity index (χ0n) is 13.5. The van der Waals surface area contributed by atoms with Crippen LogP contribution in [0.5, 0.6) is 0 Å². The lowest BCUT2D eigenvalue weighted by atomic mass is 9.93. The number of β-amino-alcohol motifs (C(OH)–C–C–N with tert-alkyl or cyclic N) is 1. The molecule has 5 nitrogen and oxygen atoms in total. The Bertz CT molecular complexity index is 587. The SMILES string of the molecule is C=C(C)c1cc(F)c(CCN2C[C@H](O)[C@@H](O)[C@H](O)[C@@H]2CO)c(F)c1. The molecule has 0 radical (unpaired) electrons. The van der Waals surface area contributed by atoms with Crippen molar-refractivity contribution in [3.63, 3.8) is 0 Å².